The molecule has 56 heavy (non-hydrogen) atoms. The van der Waals surface area contributed by atoms with Gasteiger partial charge in [-0.1, -0.05) is 128 Å². The van der Waals surface area contributed by atoms with Crippen molar-refractivity contribution in [2.45, 2.75) is 168 Å². The molecular formula is C44H78Cl2N2O8. The number of esters is 4. The molecule has 0 fully saturated rings. The normalized spacial score (nSPS) is 12.4. The molecule has 0 aliphatic carbocycles. The Bertz CT molecular complexity index is 1090. The van der Waals surface area contributed by atoms with Crippen LogP contribution in [-0.2, 0) is 51.3 Å². The van der Waals surface area contributed by atoms with Crippen LogP contribution in [0, 0.1) is 0 Å². The van der Waals surface area contributed by atoms with Crippen molar-refractivity contribution < 1.29 is 71.9 Å². The Hall–Kier alpha value is -2.40. The second kappa shape index (κ2) is 32.5. The van der Waals surface area contributed by atoms with E-state index in [1.165, 1.54) is 64.2 Å². The van der Waals surface area contributed by atoms with Crippen molar-refractivity contribution in [3.05, 3.63) is 35.4 Å². The first kappa shape index (κ1) is 55.7. The summed E-state index contributed by atoms with van der Waals surface area (Å²) in [6.45, 7) is 5.60. The third-order valence-electron chi connectivity index (χ3n) is 9.18. The van der Waals surface area contributed by atoms with Crippen molar-refractivity contribution in [3.63, 3.8) is 0 Å². The molecule has 12 heteroatoms. The Morgan fingerprint density at radius 3 is 1.04 bits per heavy atom. The molecule has 0 saturated heterocycles. The topological polar surface area (TPSA) is 105 Å². The molecule has 1 aromatic carbocycles. The van der Waals surface area contributed by atoms with Crippen molar-refractivity contribution in [1.29, 1.82) is 0 Å². The molecule has 1 rings (SSSR count). The van der Waals surface area contributed by atoms with Gasteiger partial charge in [0.1, 0.15) is 26.3 Å². The minimum atomic E-state index is -0.559. The zero-order chi connectivity index (χ0) is 40.2. The third kappa shape index (κ3) is 32.7. The second-order valence-electron chi connectivity index (χ2n) is 17.2. The number of carbonyl (C=O) groups is 4. The van der Waals surface area contributed by atoms with Gasteiger partial charge in [-0.3, -0.25) is 19.2 Å². The zero-order valence-corrected chi connectivity index (χ0v) is 37.9. The van der Waals surface area contributed by atoms with Gasteiger partial charge in [-0.15, -0.1) is 0 Å². The van der Waals surface area contributed by atoms with E-state index in [-0.39, 0.29) is 62.8 Å². The number of hydrogen-bond donors (Lipinski definition) is 0. The van der Waals surface area contributed by atoms with E-state index < -0.39 is 24.1 Å². The maximum Gasteiger partial charge on any atom is 0.310 e. The molecule has 0 heterocycles. The van der Waals surface area contributed by atoms with E-state index in [4.69, 9.17) is 18.9 Å². The van der Waals surface area contributed by atoms with Gasteiger partial charge in [-0.2, -0.15) is 0 Å². The molecule has 0 amide bonds. The first-order valence-corrected chi connectivity index (χ1v) is 21.0. The van der Waals surface area contributed by atoms with E-state index in [0.29, 0.717) is 34.9 Å². The Labute approximate surface area is 353 Å². The van der Waals surface area contributed by atoms with Crippen LogP contribution in [-0.4, -0.2) is 100 Å². The summed E-state index contributed by atoms with van der Waals surface area (Å²) in [5.74, 6) is -1.37. The summed E-state index contributed by atoms with van der Waals surface area (Å²) in [6, 6.07) is 7.32. The first-order chi connectivity index (χ1) is 25.6. The van der Waals surface area contributed by atoms with Gasteiger partial charge < -0.3 is 52.7 Å². The first-order valence-electron chi connectivity index (χ1n) is 21.0. The highest BCUT2D eigenvalue weighted by atomic mass is 35.5. The molecule has 0 bridgehead atoms. The molecule has 0 aliphatic rings. The third-order valence-corrected chi connectivity index (χ3v) is 9.18. The highest BCUT2D eigenvalue weighted by Gasteiger charge is 2.27. The number of rotatable bonds is 32. The molecule has 0 aromatic heterocycles. The van der Waals surface area contributed by atoms with E-state index >= 15 is 0 Å². The summed E-state index contributed by atoms with van der Waals surface area (Å²) in [4.78, 5) is 50.8. The fourth-order valence-corrected chi connectivity index (χ4v) is 6.35. The van der Waals surface area contributed by atoms with Gasteiger partial charge >= 0.3 is 23.9 Å². The smallest absolute Gasteiger partial charge is 0.310 e. The number of nitrogens with zero attached hydrogens (tertiary/aromatic N) is 2. The summed E-state index contributed by atoms with van der Waals surface area (Å²) in [5.41, 5.74) is 1.58. The molecule has 326 valence electrons. The fourth-order valence-electron chi connectivity index (χ4n) is 6.35. The lowest BCUT2D eigenvalue weighted by atomic mass is 10.1. The standard InChI is InChI=1S/C44H78N2O8.2ClH/c1-9-11-13-15-17-19-21-23-25-41(47)53-39(33-45(3,4)5)31-43(49)51-35-37-27-29-38(30-28-37)36-52-44(50)32-40(34-46(6,7)8)54-42(48)26-24-22-20-18-16-14-12-10-2;;/h27-30,39-40H,9-26,31-36H2,1-8H3;2*1H/q+2;;/p-2/t39-,40-;;/m1../s1. The minimum absolute atomic E-state index is 0. The summed E-state index contributed by atoms with van der Waals surface area (Å²) in [7, 11) is 12.0. The predicted octanol–water partition coefficient (Wildman–Crippen LogP) is 2.86. The average molecular weight is 834 g/mol. The van der Waals surface area contributed by atoms with Crippen LogP contribution in [0.5, 0.6) is 0 Å². The molecule has 0 aliphatic heterocycles. The van der Waals surface area contributed by atoms with Crippen LogP contribution in [0.3, 0.4) is 0 Å². The van der Waals surface area contributed by atoms with Gasteiger partial charge in [-0.05, 0) is 24.0 Å². The Kier molecular flexibility index (Phi) is 32.4. The molecular weight excluding hydrogens is 755 g/mol. The van der Waals surface area contributed by atoms with Crippen LogP contribution in [0.25, 0.3) is 0 Å². The van der Waals surface area contributed by atoms with Crippen molar-refractivity contribution in [1.82, 2.24) is 0 Å². The van der Waals surface area contributed by atoms with Gasteiger partial charge in [0.25, 0.3) is 0 Å². The zero-order valence-electron chi connectivity index (χ0n) is 36.4. The molecule has 0 spiro atoms. The van der Waals surface area contributed by atoms with E-state index in [1.54, 1.807) is 0 Å². The number of halogens is 2. The number of unbranched alkanes of at least 4 members (excludes halogenated alkanes) is 14. The van der Waals surface area contributed by atoms with Crippen LogP contribution in [0.15, 0.2) is 24.3 Å². The summed E-state index contributed by atoms with van der Waals surface area (Å²) in [6.07, 6.45) is 18.0. The van der Waals surface area contributed by atoms with Crippen LogP contribution >= 0.6 is 0 Å². The van der Waals surface area contributed by atoms with Crippen molar-refractivity contribution in [2.24, 2.45) is 0 Å². The van der Waals surface area contributed by atoms with Crippen molar-refractivity contribution >= 4 is 23.9 Å². The number of quaternary nitrogens is 2. The van der Waals surface area contributed by atoms with Gasteiger partial charge in [0, 0.05) is 12.8 Å². The summed E-state index contributed by atoms with van der Waals surface area (Å²) < 4.78 is 23.7. The molecule has 0 unspecified atom stereocenters. The maximum absolute atomic E-state index is 12.8. The molecule has 0 N–H and O–H groups in total. The van der Waals surface area contributed by atoms with Gasteiger partial charge in [0.15, 0.2) is 12.2 Å². The number of carbonyl (C=O) groups excluding carboxylic acids is 4. The Balaban J connectivity index is 0. The summed E-state index contributed by atoms with van der Waals surface area (Å²) >= 11 is 0. The number of hydrogen-bond acceptors (Lipinski definition) is 8. The SMILES string of the molecule is CCCCCCCCCCC(=O)O[C@H](CC(=O)OCc1ccc(COC(=O)C[C@H](C[N+](C)(C)C)OC(=O)CCCCCCCCCC)cc1)C[N+](C)(C)C.[Cl-].[Cl-]. The highest BCUT2D eigenvalue weighted by Crippen LogP contribution is 2.16. The molecule has 0 saturated carbocycles. The second-order valence-corrected chi connectivity index (χ2v) is 17.2. The van der Waals surface area contributed by atoms with Gasteiger partial charge in [0.2, 0.25) is 0 Å². The van der Waals surface area contributed by atoms with E-state index in [2.05, 4.69) is 13.8 Å². The largest absolute Gasteiger partial charge is 1.00 e. The van der Waals surface area contributed by atoms with Gasteiger partial charge in [-0.25, -0.2) is 0 Å². The predicted molar refractivity (Wildman–Crippen MR) is 215 cm³/mol. The minimum Gasteiger partial charge on any atom is -1.00 e. The van der Waals surface area contributed by atoms with Crippen molar-refractivity contribution in [3.8, 4) is 0 Å². The number of likely N-dealkylation sites (N-methyl/N-ethyl adjacent to an activating group) is 2. The van der Waals surface area contributed by atoms with E-state index in [9.17, 15) is 19.2 Å². The average Bonchev–Trinajstić information content (AvgIpc) is 3.07. The molecule has 0 radical (unpaired) electrons. The Morgan fingerprint density at radius 2 is 0.750 bits per heavy atom. The Morgan fingerprint density at radius 1 is 0.464 bits per heavy atom. The van der Waals surface area contributed by atoms with Crippen LogP contribution in [0.1, 0.15) is 153 Å². The van der Waals surface area contributed by atoms with Gasteiger partial charge in [0.05, 0.1) is 55.1 Å². The van der Waals surface area contributed by atoms with E-state index in [1.807, 2.05) is 66.6 Å². The summed E-state index contributed by atoms with van der Waals surface area (Å²) in [5, 5.41) is 0. The monoisotopic (exact) mass is 833 g/mol. The number of ether oxygens (including phenoxy) is 4. The number of benzene rings is 1. The lowest BCUT2D eigenvalue weighted by Crippen LogP contribution is -3.00. The molecule has 10 nitrogen and oxygen atoms in total. The maximum atomic E-state index is 12.8. The van der Waals surface area contributed by atoms with Crippen LogP contribution < -0.4 is 24.8 Å². The molecule has 2 atom stereocenters. The lowest BCUT2D eigenvalue weighted by Gasteiger charge is -2.28. The van der Waals surface area contributed by atoms with Crippen LogP contribution in [0.2, 0.25) is 0 Å². The lowest BCUT2D eigenvalue weighted by molar-refractivity contribution is -0.873. The van der Waals surface area contributed by atoms with Crippen molar-refractivity contribution in [2.75, 3.05) is 55.4 Å². The quantitative estimate of drug-likeness (QED) is 0.0473. The molecule has 1 aromatic rings. The van der Waals surface area contributed by atoms with E-state index in [0.717, 1.165) is 49.7 Å². The van der Waals surface area contributed by atoms with Crippen LogP contribution in [0.4, 0.5) is 0 Å². The fraction of sp³-hybridized carbons (Fsp3) is 0.773. The highest BCUT2D eigenvalue weighted by molar-refractivity contribution is 5.73.